The van der Waals surface area contributed by atoms with Gasteiger partial charge in [-0.25, -0.2) is 13.8 Å². The summed E-state index contributed by atoms with van der Waals surface area (Å²) in [5, 5.41) is 10.2. The average molecular weight is 869 g/mol. The number of likely N-dealkylation sites (tertiary alicyclic amines) is 1. The third kappa shape index (κ3) is 19.9. The fourth-order valence-electron chi connectivity index (χ4n) is 5.95. The molecule has 7 nitrogen and oxygen atoms in total. The van der Waals surface area contributed by atoms with Crippen LogP contribution in [0.5, 0.6) is 0 Å². The Balaban J connectivity index is 0.00000127. The van der Waals surface area contributed by atoms with E-state index in [0.29, 0.717) is 36.2 Å². The fourth-order valence-corrected chi connectivity index (χ4v) is 6.83. The molecule has 0 saturated carbocycles. The number of ether oxygens (including phenoxy) is 2. The van der Waals surface area contributed by atoms with Crippen molar-refractivity contribution < 1.29 is 36.2 Å². The van der Waals surface area contributed by atoms with E-state index in [0.717, 1.165) is 54.3 Å². The number of halogens is 5. The second-order valence-corrected chi connectivity index (χ2v) is 15.9. The Hall–Kier alpha value is -3.77. The van der Waals surface area contributed by atoms with Crippen LogP contribution in [-0.4, -0.2) is 80.5 Å². The molecule has 1 fully saturated rings. The Bertz CT molecular complexity index is 1720. The van der Waals surface area contributed by atoms with Gasteiger partial charge in [-0.3, -0.25) is 4.79 Å². The van der Waals surface area contributed by atoms with Crippen molar-refractivity contribution >= 4 is 35.5 Å². The Morgan fingerprint density at radius 1 is 1.19 bits per heavy atom. The van der Waals surface area contributed by atoms with E-state index in [2.05, 4.69) is 68.7 Å². The van der Waals surface area contributed by atoms with Gasteiger partial charge in [0.1, 0.15) is 11.8 Å². The zero-order valence-electron chi connectivity index (χ0n) is 36.6. The lowest BCUT2D eigenvalue weighted by Gasteiger charge is -2.38. The number of nitriles is 1. The van der Waals surface area contributed by atoms with Crippen LogP contribution in [0.15, 0.2) is 104 Å². The largest absolute Gasteiger partial charge is 0.481 e. The number of rotatable bonds is 15. The second kappa shape index (κ2) is 29.5. The molecule has 0 spiro atoms. The van der Waals surface area contributed by atoms with Gasteiger partial charge in [0.05, 0.1) is 34.9 Å². The first-order valence-electron chi connectivity index (χ1n) is 19.8. The van der Waals surface area contributed by atoms with Crippen molar-refractivity contribution in [3.05, 3.63) is 101 Å². The lowest BCUT2D eigenvalue weighted by molar-refractivity contribution is -0.112. The van der Waals surface area contributed by atoms with Crippen LogP contribution in [0.2, 0.25) is 0 Å². The number of hydrogen-bond donors (Lipinski definition) is 1. The number of thiol groups is 1. The number of hydrogen-bond acceptors (Lipinski definition) is 9. The molecule has 0 radical (unpaired) electrons. The van der Waals surface area contributed by atoms with Crippen molar-refractivity contribution in [2.24, 2.45) is 16.8 Å². The van der Waals surface area contributed by atoms with Crippen molar-refractivity contribution in [1.29, 1.82) is 5.26 Å². The molecule has 59 heavy (non-hydrogen) atoms. The average Bonchev–Trinajstić information content (AvgIpc) is 3.83. The van der Waals surface area contributed by atoms with Gasteiger partial charge in [0.25, 0.3) is 0 Å². The Morgan fingerprint density at radius 2 is 1.83 bits per heavy atom. The predicted molar refractivity (Wildman–Crippen MR) is 237 cm³/mol. The van der Waals surface area contributed by atoms with Gasteiger partial charge in [0.15, 0.2) is 11.6 Å². The van der Waals surface area contributed by atoms with Crippen LogP contribution in [0.4, 0.5) is 22.0 Å². The Labute approximate surface area is 359 Å². The van der Waals surface area contributed by atoms with E-state index in [9.17, 15) is 22.4 Å². The van der Waals surface area contributed by atoms with Crippen molar-refractivity contribution in [3.63, 3.8) is 0 Å². The summed E-state index contributed by atoms with van der Waals surface area (Å²) in [5.74, 6) is -0.300. The van der Waals surface area contributed by atoms with Crippen molar-refractivity contribution in [2.75, 3.05) is 40.9 Å². The fraction of sp³-hybridized carbons (Fsp3) is 0.533. The molecule has 1 aliphatic carbocycles. The predicted octanol–water partition coefficient (Wildman–Crippen LogP) is 12.5. The van der Waals surface area contributed by atoms with Gasteiger partial charge in [0.2, 0.25) is 5.88 Å². The minimum atomic E-state index is -4.85. The van der Waals surface area contributed by atoms with E-state index in [1.165, 1.54) is 44.4 Å². The van der Waals surface area contributed by atoms with Gasteiger partial charge in [-0.15, -0.1) is 24.0 Å². The molecular formula is C45H65F5N4O3S2. The van der Waals surface area contributed by atoms with E-state index in [1.807, 2.05) is 25.3 Å². The van der Waals surface area contributed by atoms with Gasteiger partial charge in [0, 0.05) is 49.6 Å². The van der Waals surface area contributed by atoms with Gasteiger partial charge in [-0.1, -0.05) is 59.8 Å². The molecule has 0 bridgehead atoms. The molecule has 3 rings (SSSR count). The molecule has 2 heterocycles. The molecule has 14 heteroatoms. The molecular weight excluding hydrogens is 804 g/mol. The first-order chi connectivity index (χ1) is 27.8. The standard InChI is InChI=1S/C30H43F5N2O.C6H13NO.C5H3NS2.C4H6O/c1-9-14-27(38-8)36-29-24(19-25(30(33,34)35)23(28(29)32)15-12-13-18-31)22(7)37(11-3)26(20(4)5)17-16-21(6)10-2;1-7-4-3-6(5-7)8-2;6-3-4-1-2-8-5(4)7;1-3-4(2)5/h12-15,18-21,26H,9-11,16-17H2,1-8H3;6H,3-5H2,1-2H3;1-2,7H;3H,1H2,2H3/b15-12+,18-13+,24-22+,27-14-,36-29+;;;. The topological polar surface area (TPSA) is 78.2 Å². The molecule has 0 aromatic carbocycles. The third-order valence-electron chi connectivity index (χ3n) is 9.56. The summed E-state index contributed by atoms with van der Waals surface area (Å²) in [6.45, 7) is 21.5. The lowest BCUT2D eigenvalue weighted by Crippen LogP contribution is -2.39. The zero-order valence-corrected chi connectivity index (χ0v) is 38.3. The van der Waals surface area contributed by atoms with Crippen molar-refractivity contribution in [2.45, 2.75) is 110 Å². The first kappa shape index (κ1) is 55.2. The van der Waals surface area contributed by atoms with Crippen LogP contribution in [0.1, 0.15) is 93.1 Å². The molecule has 0 N–H and O–H groups in total. The highest BCUT2D eigenvalue weighted by Gasteiger charge is 2.41. The number of nitrogens with zero attached hydrogens (tertiary/aromatic N) is 4. The molecule has 1 aliphatic heterocycles. The van der Waals surface area contributed by atoms with E-state index in [1.54, 1.807) is 26.2 Å². The number of aliphatic imine (C=N–C) groups is 1. The van der Waals surface area contributed by atoms with Crippen molar-refractivity contribution in [3.8, 4) is 6.07 Å². The summed E-state index contributed by atoms with van der Waals surface area (Å²) < 4.78 is 82.3. The number of thiophene rings is 1. The van der Waals surface area contributed by atoms with E-state index in [4.69, 9.17) is 14.7 Å². The lowest BCUT2D eigenvalue weighted by atomic mass is 9.88. The molecule has 2 aliphatic rings. The number of carbonyl (C=O) groups is 1. The monoisotopic (exact) mass is 868 g/mol. The Kier molecular flexibility index (Phi) is 27.6. The summed E-state index contributed by atoms with van der Waals surface area (Å²) in [7, 11) is 5.28. The minimum Gasteiger partial charge on any atom is -0.481 e. The molecule has 3 atom stereocenters. The van der Waals surface area contributed by atoms with Crippen molar-refractivity contribution in [1.82, 2.24) is 9.80 Å². The van der Waals surface area contributed by atoms with Crippen LogP contribution >= 0.6 is 24.0 Å². The number of ketones is 1. The maximum Gasteiger partial charge on any atom is 0.417 e. The summed E-state index contributed by atoms with van der Waals surface area (Å²) >= 11 is 5.50. The molecule has 3 unspecified atom stereocenters. The second-order valence-electron chi connectivity index (χ2n) is 14.2. The maximum absolute atomic E-state index is 16.0. The smallest absolute Gasteiger partial charge is 0.417 e. The first-order valence-corrected chi connectivity index (χ1v) is 21.1. The van der Waals surface area contributed by atoms with Gasteiger partial charge >= 0.3 is 6.18 Å². The number of carbonyl (C=O) groups excluding carboxylic acids is 1. The van der Waals surface area contributed by atoms with E-state index >= 15 is 4.39 Å². The van der Waals surface area contributed by atoms with Crippen LogP contribution in [0, 0.1) is 23.2 Å². The van der Waals surface area contributed by atoms with Crippen LogP contribution in [0.25, 0.3) is 0 Å². The summed E-state index contributed by atoms with van der Waals surface area (Å²) in [4.78, 5) is 18.4. The van der Waals surface area contributed by atoms with Gasteiger partial charge in [-0.05, 0) is 101 Å². The molecule has 1 aromatic rings. The summed E-state index contributed by atoms with van der Waals surface area (Å²) in [5.41, 5.74) is -0.894. The SMILES string of the molecule is C=CC(C)=O.CC/C=C(/N=C1C(F)=C(/C=C/C=C/F)C(C(F)(F)F)=CC/1=C(/C)N(CC)C(CCC(C)CC)C(C)C)OC.COC1CCN(C)C1.N#Cc1ccsc1S. The molecule has 330 valence electrons. The molecule has 1 saturated heterocycles. The number of allylic oxidation sites excluding steroid dienone is 11. The highest BCUT2D eigenvalue weighted by atomic mass is 32.2. The maximum atomic E-state index is 16.0. The zero-order chi connectivity index (χ0) is 45.3. The normalized spacial score (nSPS) is 18.6. The highest BCUT2D eigenvalue weighted by molar-refractivity contribution is 7.82. The minimum absolute atomic E-state index is 0.0185. The highest BCUT2D eigenvalue weighted by Crippen LogP contribution is 2.41. The molecule has 1 aromatic heterocycles. The van der Waals surface area contributed by atoms with Crippen LogP contribution in [-0.2, 0) is 14.3 Å². The molecule has 0 amide bonds. The Morgan fingerprint density at radius 3 is 2.20 bits per heavy atom. The third-order valence-corrected chi connectivity index (χ3v) is 10.8. The van der Waals surface area contributed by atoms with Gasteiger partial charge < -0.3 is 19.3 Å². The number of methoxy groups -OCH3 is 2. The summed E-state index contributed by atoms with van der Waals surface area (Å²) in [6.07, 6.45) is 7.09. The van der Waals surface area contributed by atoms with Crippen LogP contribution in [0.3, 0.4) is 0 Å². The number of likely N-dealkylation sites (N-methyl/N-ethyl adjacent to an activating group) is 1. The van der Waals surface area contributed by atoms with Crippen LogP contribution < -0.4 is 0 Å². The van der Waals surface area contributed by atoms with Gasteiger partial charge in [-0.2, -0.15) is 18.4 Å². The van der Waals surface area contributed by atoms with E-state index < -0.39 is 23.1 Å². The number of alkyl halides is 3. The quantitative estimate of drug-likeness (QED) is 0.0622. The summed E-state index contributed by atoms with van der Waals surface area (Å²) in [6, 6.07) is 3.81. The van der Waals surface area contributed by atoms with E-state index in [-0.39, 0.29) is 41.2 Å².